The van der Waals surface area contributed by atoms with Crippen molar-refractivity contribution >= 4 is 17.6 Å². The molecule has 0 saturated heterocycles. The van der Waals surface area contributed by atoms with E-state index >= 15 is 0 Å². The maximum Gasteiger partial charge on any atom is 0.309 e. The highest BCUT2D eigenvalue weighted by Crippen LogP contribution is 2.41. The minimum atomic E-state index is -0.430. The summed E-state index contributed by atoms with van der Waals surface area (Å²) in [5.41, 5.74) is 7.88. The van der Waals surface area contributed by atoms with Gasteiger partial charge in [-0.15, -0.1) is 0 Å². The van der Waals surface area contributed by atoms with Gasteiger partial charge in [0, 0.05) is 24.6 Å². The molecule has 0 aliphatic heterocycles. The van der Waals surface area contributed by atoms with Crippen LogP contribution in [0.1, 0.15) is 37.0 Å². The van der Waals surface area contributed by atoms with E-state index in [0.717, 1.165) is 33.5 Å². The molecule has 6 nitrogen and oxygen atoms in total. The Morgan fingerprint density at radius 3 is 2.29 bits per heavy atom. The van der Waals surface area contributed by atoms with E-state index in [2.05, 4.69) is 11.4 Å². The van der Waals surface area contributed by atoms with Gasteiger partial charge in [-0.05, 0) is 61.7 Å². The van der Waals surface area contributed by atoms with Crippen LogP contribution < -0.4 is 10.1 Å². The van der Waals surface area contributed by atoms with Crippen molar-refractivity contribution in [3.05, 3.63) is 83.4 Å². The first-order valence-electron chi connectivity index (χ1n) is 11.6. The number of carbonyl (C=O) groups is 2. The van der Waals surface area contributed by atoms with Gasteiger partial charge in [0.1, 0.15) is 5.69 Å². The molecule has 0 atom stereocenters. The van der Waals surface area contributed by atoms with Gasteiger partial charge >= 0.3 is 5.97 Å². The summed E-state index contributed by atoms with van der Waals surface area (Å²) in [7, 11) is 0. The average Bonchev–Trinajstić information content (AvgIpc) is 3.19. The standard InChI is InChI=1S/C29H29N3O3/c1-6-26(34)30-24-14-12-22(13-15-24)27-28(23-9-7-8-18(2)16-23)31-32(29(27)35-21(5)33)25-17-19(3)10-11-20(25)4/h7-17H,6H2,1-5H3,(H,30,34). The third-order valence-corrected chi connectivity index (χ3v) is 5.75. The Kier molecular flexibility index (Phi) is 6.82. The molecule has 0 fully saturated rings. The van der Waals surface area contributed by atoms with Crippen LogP contribution in [-0.4, -0.2) is 21.7 Å². The third-order valence-electron chi connectivity index (χ3n) is 5.75. The molecule has 1 heterocycles. The van der Waals surface area contributed by atoms with Crippen LogP contribution in [0, 0.1) is 20.8 Å². The lowest BCUT2D eigenvalue weighted by molar-refractivity contribution is -0.132. The van der Waals surface area contributed by atoms with Crippen LogP contribution in [-0.2, 0) is 9.59 Å². The van der Waals surface area contributed by atoms with Crippen molar-refractivity contribution in [1.82, 2.24) is 9.78 Å². The lowest BCUT2D eigenvalue weighted by atomic mass is 10.00. The number of rotatable bonds is 6. The Morgan fingerprint density at radius 1 is 0.914 bits per heavy atom. The summed E-state index contributed by atoms with van der Waals surface area (Å²) in [6, 6.07) is 21.7. The molecule has 0 aliphatic carbocycles. The van der Waals surface area contributed by atoms with Gasteiger partial charge in [-0.3, -0.25) is 9.59 Å². The zero-order chi connectivity index (χ0) is 25.1. The number of aromatic nitrogens is 2. The van der Waals surface area contributed by atoms with Crippen LogP contribution in [0.25, 0.3) is 28.1 Å². The summed E-state index contributed by atoms with van der Waals surface area (Å²) in [5.74, 6) is -0.130. The van der Waals surface area contributed by atoms with Gasteiger partial charge in [0.05, 0.1) is 11.3 Å². The molecule has 178 valence electrons. The smallest absolute Gasteiger partial charge is 0.309 e. The van der Waals surface area contributed by atoms with Gasteiger partial charge in [-0.25, -0.2) is 0 Å². The number of esters is 1. The van der Waals surface area contributed by atoms with Crippen molar-refractivity contribution < 1.29 is 14.3 Å². The molecule has 4 rings (SSSR count). The van der Waals surface area contributed by atoms with Crippen LogP contribution in [0.5, 0.6) is 5.88 Å². The Hall–Kier alpha value is -4.19. The molecule has 0 radical (unpaired) electrons. The van der Waals surface area contributed by atoms with Crippen molar-refractivity contribution in [2.45, 2.75) is 41.0 Å². The number of carbonyl (C=O) groups excluding carboxylic acids is 2. The van der Waals surface area contributed by atoms with E-state index in [0.29, 0.717) is 29.2 Å². The average molecular weight is 468 g/mol. The van der Waals surface area contributed by atoms with Crippen LogP contribution in [0.4, 0.5) is 5.69 Å². The van der Waals surface area contributed by atoms with E-state index in [4.69, 9.17) is 9.84 Å². The summed E-state index contributed by atoms with van der Waals surface area (Å²) in [6.45, 7) is 9.25. The largest absolute Gasteiger partial charge is 0.407 e. The number of hydrogen-bond donors (Lipinski definition) is 1. The molecule has 35 heavy (non-hydrogen) atoms. The van der Waals surface area contributed by atoms with Crippen LogP contribution in [0.3, 0.4) is 0 Å². The Morgan fingerprint density at radius 2 is 1.63 bits per heavy atom. The van der Waals surface area contributed by atoms with E-state index in [1.165, 1.54) is 6.92 Å². The first-order valence-corrected chi connectivity index (χ1v) is 11.6. The molecule has 3 aromatic carbocycles. The fourth-order valence-electron chi connectivity index (χ4n) is 3.97. The number of aryl methyl sites for hydroxylation is 3. The first-order chi connectivity index (χ1) is 16.8. The molecule has 0 aliphatic rings. The van der Waals surface area contributed by atoms with E-state index < -0.39 is 5.97 Å². The minimum absolute atomic E-state index is 0.0541. The maximum atomic E-state index is 12.2. The van der Waals surface area contributed by atoms with Gasteiger partial charge < -0.3 is 10.1 Å². The maximum absolute atomic E-state index is 12.2. The van der Waals surface area contributed by atoms with E-state index in [1.807, 2.05) is 88.4 Å². The minimum Gasteiger partial charge on any atom is -0.407 e. The fraction of sp³-hybridized carbons (Fsp3) is 0.207. The monoisotopic (exact) mass is 467 g/mol. The number of anilines is 1. The fourth-order valence-corrected chi connectivity index (χ4v) is 3.97. The van der Waals surface area contributed by atoms with Gasteiger partial charge in [0.25, 0.3) is 0 Å². The molecule has 4 aromatic rings. The van der Waals surface area contributed by atoms with Gasteiger partial charge in [-0.1, -0.05) is 55.0 Å². The number of hydrogen-bond acceptors (Lipinski definition) is 4. The molecular formula is C29H29N3O3. The molecule has 0 saturated carbocycles. The van der Waals surface area contributed by atoms with E-state index in [9.17, 15) is 9.59 Å². The Balaban J connectivity index is 1.98. The highest BCUT2D eigenvalue weighted by molar-refractivity contribution is 5.92. The lowest BCUT2D eigenvalue weighted by Gasteiger charge is -2.12. The zero-order valence-corrected chi connectivity index (χ0v) is 20.7. The molecule has 0 spiro atoms. The predicted octanol–water partition coefficient (Wildman–Crippen LogP) is 6.41. The summed E-state index contributed by atoms with van der Waals surface area (Å²) in [5, 5.41) is 7.85. The second-order valence-corrected chi connectivity index (χ2v) is 8.67. The number of amides is 1. The highest BCUT2D eigenvalue weighted by atomic mass is 16.5. The number of benzene rings is 3. The summed E-state index contributed by atoms with van der Waals surface area (Å²) < 4.78 is 7.53. The van der Waals surface area contributed by atoms with Crippen LogP contribution in [0.15, 0.2) is 66.7 Å². The Labute approximate surface area is 205 Å². The SMILES string of the molecule is CCC(=O)Nc1ccc(-c2c(-c3cccc(C)c3)nn(-c3cc(C)ccc3C)c2OC(C)=O)cc1. The molecule has 1 amide bonds. The number of nitrogens with one attached hydrogen (secondary N) is 1. The van der Waals surface area contributed by atoms with E-state index in [-0.39, 0.29) is 5.91 Å². The second-order valence-electron chi connectivity index (χ2n) is 8.67. The quantitative estimate of drug-likeness (QED) is 0.333. The number of nitrogens with zero attached hydrogens (tertiary/aromatic N) is 2. The van der Waals surface area contributed by atoms with E-state index in [1.54, 1.807) is 4.68 Å². The zero-order valence-electron chi connectivity index (χ0n) is 20.7. The van der Waals surface area contributed by atoms with Crippen molar-refractivity contribution in [3.8, 4) is 34.0 Å². The van der Waals surface area contributed by atoms with Gasteiger partial charge in [0.2, 0.25) is 11.8 Å². The topological polar surface area (TPSA) is 73.2 Å². The van der Waals surface area contributed by atoms with Crippen molar-refractivity contribution in [2.24, 2.45) is 0 Å². The second kappa shape index (κ2) is 9.97. The van der Waals surface area contributed by atoms with Crippen LogP contribution >= 0.6 is 0 Å². The summed E-state index contributed by atoms with van der Waals surface area (Å²) >= 11 is 0. The van der Waals surface area contributed by atoms with Crippen molar-refractivity contribution in [3.63, 3.8) is 0 Å². The molecule has 0 unspecified atom stereocenters. The predicted molar refractivity (Wildman–Crippen MR) is 139 cm³/mol. The Bertz CT molecular complexity index is 1400. The molecule has 1 N–H and O–H groups in total. The van der Waals surface area contributed by atoms with Gasteiger partial charge in [-0.2, -0.15) is 9.78 Å². The summed E-state index contributed by atoms with van der Waals surface area (Å²) in [4.78, 5) is 24.0. The molecule has 6 heteroatoms. The lowest BCUT2D eigenvalue weighted by Crippen LogP contribution is -2.09. The molecular weight excluding hydrogens is 438 g/mol. The van der Waals surface area contributed by atoms with Gasteiger partial charge in [0.15, 0.2) is 0 Å². The third kappa shape index (κ3) is 5.17. The van der Waals surface area contributed by atoms with Crippen molar-refractivity contribution in [1.29, 1.82) is 0 Å². The first kappa shape index (κ1) is 24.0. The number of ether oxygens (including phenoxy) is 1. The summed E-state index contributed by atoms with van der Waals surface area (Å²) in [6.07, 6.45) is 0.401. The molecule has 0 bridgehead atoms. The highest BCUT2D eigenvalue weighted by Gasteiger charge is 2.25. The van der Waals surface area contributed by atoms with Crippen LogP contribution in [0.2, 0.25) is 0 Å². The van der Waals surface area contributed by atoms with Crippen molar-refractivity contribution in [2.75, 3.05) is 5.32 Å². The molecule has 1 aromatic heterocycles. The normalized spacial score (nSPS) is 10.8.